The molecule has 2 atom stereocenters. The van der Waals surface area contributed by atoms with Crippen LogP contribution in [0, 0.1) is 5.82 Å². The molecule has 0 saturated heterocycles. The van der Waals surface area contributed by atoms with Crippen molar-refractivity contribution < 1.29 is 13.9 Å². The monoisotopic (exact) mass is 479 g/mol. The molecule has 0 radical (unpaired) electrons. The van der Waals surface area contributed by atoms with Crippen LogP contribution in [0.15, 0.2) is 93.5 Å². The molecule has 0 fully saturated rings. The molecule has 0 aliphatic heterocycles. The summed E-state index contributed by atoms with van der Waals surface area (Å²) < 4.78 is 18.5. The van der Waals surface area contributed by atoms with Crippen LogP contribution in [0.5, 0.6) is 5.75 Å². The Hall–Kier alpha value is -1.86. The lowest BCUT2D eigenvalue weighted by molar-refractivity contribution is -0.133. The second-order valence-corrected chi connectivity index (χ2v) is 9.48. The first kappa shape index (κ1) is 18.9. The number of rotatable bonds is 5. The molecular formula is C21H17FIO2S+. The summed E-state index contributed by atoms with van der Waals surface area (Å²) in [6.07, 6.45) is 0. The fourth-order valence-corrected chi connectivity index (χ4v) is 4.57. The number of alkyl halides is 1. The van der Waals surface area contributed by atoms with Gasteiger partial charge in [0, 0.05) is 0 Å². The Labute approximate surface area is 168 Å². The molecule has 132 valence electrons. The molecule has 0 N–H and O–H groups in total. The van der Waals surface area contributed by atoms with Crippen molar-refractivity contribution >= 4 is 39.5 Å². The Morgan fingerprint density at radius 2 is 1.38 bits per heavy atom. The van der Waals surface area contributed by atoms with E-state index in [9.17, 15) is 9.18 Å². The van der Waals surface area contributed by atoms with Gasteiger partial charge in [-0.25, -0.2) is 4.39 Å². The third-order valence-corrected chi connectivity index (χ3v) is 6.37. The van der Waals surface area contributed by atoms with Gasteiger partial charge in [-0.2, -0.15) is 0 Å². The lowest BCUT2D eigenvalue weighted by Crippen LogP contribution is -2.16. The SMILES string of the molecule is CC(I)C(=O)Oc1ccc([S+](c2ccccc2)c2ccc(F)cc2)cc1. The smallest absolute Gasteiger partial charge is 0.323 e. The quantitative estimate of drug-likeness (QED) is 0.156. The zero-order valence-corrected chi connectivity index (χ0v) is 17.0. The van der Waals surface area contributed by atoms with E-state index in [1.165, 1.54) is 12.1 Å². The van der Waals surface area contributed by atoms with Gasteiger partial charge in [-0.05, 0) is 67.6 Å². The van der Waals surface area contributed by atoms with Gasteiger partial charge in [0.25, 0.3) is 0 Å². The summed E-state index contributed by atoms with van der Waals surface area (Å²) in [4.78, 5) is 15.0. The average Bonchev–Trinajstić information content (AvgIpc) is 2.66. The van der Waals surface area contributed by atoms with E-state index in [4.69, 9.17) is 4.74 Å². The number of hydrogen-bond donors (Lipinski definition) is 0. The van der Waals surface area contributed by atoms with Crippen LogP contribution in [0.4, 0.5) is 4.39 Å². The van der Waals surface area contributed by atoms with E-state index in [1.54, 1.807) is 19.1 Å². The number of benzene rings is 3. The molecule has 3 aromatic carbocycles. The first-order valence-electron chi connectivity index (χ1n) is 8.05. The van der Waals surface area contributed by atoms with Crippen molar-refractivity contribution in [2.45, 2.75) is 25.5 Å². The normalized spacial score (nSPS) is 13.0. The summed E-state index contributed by atoms with van der Waals surface area (Å²) in [5.74, 6) is 0.0115. The van der Waals surface area contributed by atoms with Gasteiger partial charge in [0.1, 0.15) is 15.5 Å². The number of esters is 1. The lowest BCUT2D eigenvalue weighted by Gasteiger charge is -2.09. The van der Waals surface area contributed by atoms with Gasteiger partial charge in [-0.1, -0.05) is 40.8 Å². The minimum absolute atomic E-state index is 0.203. The van der Waals surface area contributed by atoms with Gasteiger partial charge < -0.3 is 4.74 Å². The third-order valence-electron chi connectivity index (χ3n) is 3.63. The fraction of sp³-hybridized carbons (Fsp3) is 0.0952. The lowest BCUT2D eigenvalue weighted by atomic mass is 10.3. The molecule has 2 unspecified atom stereocenters. The number of hydrogen-bond acceptors (Lipinski definition) is 2. The maximum Gasteiger partial charge on any atom is 0.323 e. The minimum atomic E-state index is -0.361. The second-order valence-electron chi connectivity index (χ2n) is 5.58. The van der Waals surface area contributed by atoms with Crippen LogP contribution < -0.4 is 4.74 Å². The zero-order chi connectivity index (χ0) is 18.5. The first-order chi connectivity index (χ1) is 12.5. The topological polar surface area (TPSA) is 26.3 Å². The van der Waals surface area contributed by atoms with E-state index in [2.05, 4.69) is 12.1 Å². The number of halogens is 2. The molecule has 0 spiro atoms. The molecule has 2 nitrogen and oxygen atoms in total. The molecule has 0 bridgehead atoms. The summed E-state index contributed by atoms with van der Waals surface area (Å²) in [5, 5.41) is 0. The summed E-state index contributed by atoms with van der Waals surface area (Å²) in [5.41, 5.74) is 0. The van der Waals surface area contributed by atoms with Gasteiger partial charge in [0.2, 0.25) is 0 Å². The van der Waals surface area contributed by atoms with Crippen molar-refractivity contribution in [1.29, 1.82) is 0 Å². The molecule has 3 rings (SSSR count). The largest absolute Gasteiger partial charge is 0.426 e. The van der Waals surface area contributed by atoms with E-state index >= 15 is 0 Å². The Morgan fingerprint density at radius 3 is 1.92 bits per heavy atom. The fourth-order valence-electron chi connectivity index (χ4n) is 2.38. The molecule has 0 aliphatic carbocycles. The van der Waals surface area contributed by atoms with Crippen molar-refractivity contribution in [2.24, 2.45) is 0 Å². The van der Waals surface area contributed by atoms with Gasteiger partial charge >= 0.3 is 5.97 Å². The highest BCUT2D eigenvalue weighted by Crippen LogP contribution is 2.32. The minimum Gasteiger partial charge on any atom is -0.426 e. The van der Waals surface area contributed by atoms with Crippen molar-refractivity contribution in [3.05, 3.63) is 84.7 Å². The standard InChI is InChI=1S/C21H17FIO2S/c1-15(23)21(24)25-17-9-13-20(14-10-17)26(18-5-3-2-4-6-18)19-11-7-16(22)8-12-19/h2-15H,1H3/q+1. The van der Waals surface area contributed by atoms with Crippen LogP contribution in [0.1, 0.15) is 6.92 Å². The van der Waals surface area contributed by atoms with E-state index in [-0.39, 0.29) is 26.6 Å². The predicted molar refractivity (Wildman–Crippen MR) is 111 cm³/mol. The molecule has 0 aliphatic rings. The summed E-state index contributed by atoms with van der Waals surface area (Å²) in [6, 6.07) is 24.2. The maximum atomic E-state index is 13.3. The highest BCUT2D eigenvalue weighted by atomic mass is 127. The third kappa shape index (κ3) is 4.65. The summed E-state index contributed by atoms with van der Waals surface area (Å²) in [6.45, 7) is 1.79. The molecule has 26 heavy (non-hydrogen) atoms. The van der Waals surface area contributed by atoms with Gasteiger partial charge in [-0.15, -0.1) is 0 Å². The van der Waals surface area contributed by atoms with Crippen molar-refractivity contribution in [1.82, 2.24) is 0 Å². The molecule has 0 amide bonds. The second kappa shape index (κ2) is 8.68. The van der Waals surface area contributed by atoms with Crippen LogP contribution in [-0.4, -0.2) is 9.89 Å². The zero-order valence-electron chi connectivity index (χ0n) is 14.1. The van der Waals surface area contributed by atoms with E-state index in [0.717, 1.165) is 14.7 Å². The molecule has 3 aromatic rings. The first-order valence-corrected chi connectivity index (χ1v) is 10.5. The molecular weight excluding hydrogens is 462 g/mol. The molecule has 0 heterocycles. The predicted octanol–water partition coefficient (Wildman–Crippen LogP) is 5.65. The van der Waals surface area contributed by atoms with Crippen molar-refractivity contribution in [3.8, 4) is 5.75 Å². The van der Waals surface area contributed by atoms with Gasteiger partial charge in [0.05, 0.1) is 10.9 Å². The molecule has 0 saturated carbocycles. The van der Waals surface area contributed by atoms with Crippen LogP contribution >= 0.6 is 22.6 Å². The van der Waals surface area contributed by atoms with Gasteiger partial charge in [0.15, 0.2) is 14.7 Å². The molecule has 0 aromatic heterocycles. The van der Waals surface area contributed by atoms with E-state index < -0.39 is 0 Å². The van der Waals surface area contributed by atoms with Crippen LogP contribution in [0.3, 0.4) is 0 Å². The Balaban J connectivity index is 1.95. The highest BCUT2D eigenvalue weighted by Gasteiger charge is 2.28. The van der Waals surface area contributed by atoms with Crippen LogP contribution in [0.2, 0.25) is 0 Å². The highest BCUT2D eigenvalue weighted by molar-refractivity contribution is 14.1. The van der Waals surface area contributed by atoms with Crippen LogP contribution in [0.25, 0.3) is 0 Å². The Kier molecular flexibility index (Phi) is 6.32. The number of carbonyl (C=O) groups excluding carboxylic acids is 1. The van der Waals surface area contributed by atoms with Gasteiger partial charge in [-0.3, -0.25) is 4.79 Å². The van der Waals surface area contributed by atoms with E-state index in [0.29, 0.717) is 5.75 Å². The van der Waals surface area contributed by atoms with E-state index in [1.807, 2.05) is 65.1 Å². The summed E-state index contributed by atoms with van der Waals surface area (Å²) in [7, 11) is -0.361. The summed E-state index contributed by atoms with van der Waals surface area (Å²) >= 11 is 2.03. The Morgan fingerprint density at radius 1 is 0.885 bits per heavy atom. The van der Waals surface area contributed by atoms with Crippen molar-refractivity contribution in [3.63, 3.8) is 0 Å². The average molecular weight is 479 g/mol. The number of ether oxygens (including phenoxy) is 1. The Bertz CT molecular complexity index is 865. The number of carbonyl (C=O) groups is 1. The maximum absolute atomic E-state index is 13.3. The van der Waals surface area contributed by atoms with Crippen LogP contribution in [-0.2, 0) is 15.7 Å². The van der Waals surface area contributed by atoms with Crippen molar-refractivity contribution in [2.75, 3.05) is 0 Å². The molecule has 5 heteroatoms.